The molecule has 0 atom stereocenters. The molecule has 0 radical (unpaired) electrons. The number of rotatable bonds is 6. The Hall–Kier alpha value is -3.36. The summed E-state index contributed by atoms with van der Waals surface area (Å²) >= 11 is 0. The van der Waals surface area contributed by atoms with Gasteiger partial charge in [0.15, 0.2) is 0 Å². The zero-order valence-electron chi connectivity index (χ0n) is 17.7. The van der Waals surface area contributed by atoms with Crippen molar-refractivity contribution in [1.29, 1.82) is 5.26 Å². The van der Waals surface area contributed by atoms with Crippen molar-refractivity contribution in [2.75, 3.05) is 21.1 Å². The van der Waals surface area contributed by atoms with E-state index in [9.17, 15) is 10.1 Å². The molecule has 4 rings (SSSR count). The highest BCUT2D eigenvalue weighted by atomic mass is 16.1. The number of hydrogen-bond donors (Lipinski definition) is 0. The average molecular weight is 399 g/mol. The Morgan fingerprint density at radius 1 is 1.17 bits per heavy atom. The zero-order valence-corrected chi connectivity index (χ0v) is 17.7. The fraction of sp³-hybridized carbons (Fsp3) is 0.280. The van der Waals surface area contributed by atoms with Gasteiger partial charge in [0, 0.05) is 43.7 Å². The lowest BCUT2D eigenvalue weighted by Gasteiger charge is -2.31. The van der Waals surface area contributed by atoms with Crippen molar-refractivity contribution in [3.63, 3.8) is 0 Å². The smallest absolute Gasteiger partial charge is 0.150 e. The van der Waals surface area contributed by atoms with Crippen LogP contribution in [0.5, 0.6) is 0 Å². The highest BCUT2D eigenvalue weighted by Crippen LogP contribution is 2.43. The lowest BCUT2D eigenvalue weighted by atomic mass is 9.92. The summed E-state index contributed by atoms with van der Waals surface area (Å²) in [5.74, 6) is 0. The minimum atomic E-state index is 0.380. The second-order valence-corrected chi connectivity index (χ2v) is 8.08. The predicted molar refractivity (Wildman–Crippen MR) is 121 cm³/mol. The topological polar surface area (TPSA) is 52.3 Å². The van der Waals surface area contributed by atoms with Crippen molar-refractivity contribution >= 4 is 22.9 Å². The SMILES string of the molecule is C=C(c1ccc2c(C#N)c(-c3ccc(C=O)cc3)n(C3CCC3)c2c1)N(C)N(C)C. The van der Waals surface area contributed by atoms with E-state index in [1.54, 1.807) is 0 Å². The van der Waals surface area contributed by atoms with Crippen molar-refractivity contribution < 1.29 is 4.79 Å². The van der Waals surface area contributed by atoms with E-state index in [0.29, 0.717) is 17.2 Å². The first-order valence-electron chi connectivity index (χ1n) is 10.2. The number of hydrazine groups is 1. The Balaban J connectivity index is 1.95. The van der Waals surface area contributed by atoms with Gasteiger partial charge in [-0.05, 0) is 30.9 Å². The Labute approximate surface area is 177 Å². The van der Waals surface area contributed by atoms with E-state index in [0.717, 1.165) is 52.5 Å². The zero-order chi connectivity index (χ0) is 21.4. The number of nitrogens with zero attached hydrogens (tertiary/aromatic N) is 4. The number of nitriles is 1. The minimum absolute atomic E-state index is 0.380. The van der Waals surface area contributed by atoms with E-state index in [1.807, 2.05) is 67.6 Å². The van der Waals surface area contributed by atoms with Crippen molar-refractivity contribution in [2.45, 2.75) is 25.3 Å². The quantitative estimate of drug-likeness (QED) is 0.428. The molecule has 5 heteroatoms. The first-order chi connectivity index (χ1) is 14.5. The number of benzene rings is 2. The van der Waals surface area contributed by atoms with Crippen molar-refractivity contribution in [1.82, 2.24) is 14.6 Å². The third kappa shape index (κ3) is 3.20. The molecule has 0 spiro atoms. The average Bonchev–Trinajstić information content (AvgIpc) is 3.04. The molecule has 0 amide bonds. The summed E-state index contributed by atoms with van der Waals surface area (Å²) in [5, 5.41) is 15.0. The summed E-state index contributed by atoms with van der Waals surface area (Å²) < 4.78 is 2.33. The summed E-state index contributed by atoms with van der Waals surface area (Å²) in [6.45, 7) is 4.27. The molecule has 152 valence electrons. The van der Waals surface area contributed by atoms with Gasteiger partial charge in [-0.2, -0.15) is 5.26 Å². The van der Waals surface area contributed by atoms with Gasteiger partial charge >= 0.3 is 0 Å². The van der Waals surface area contributed by atoms with Crippen LogP contribution in [0.1, 0.15) is 46.8 Å². The molecule has 0 aliphatic heterocycles. The Kier molecular flexibility index (Phi) is 5.19. The molecule has 1 heterocycles. The van der Waals surface area contributed by atoms with Gasteiger partial charge in [-0.25, -0.2) is 5.01 Å². The standard InChI is InChI=1S/C25H26N4O/c1-17(28(4)27(2)3)20-12-13-22-23(15-26)25(19-10-8-18(16-30)9-11-19)29(24(22)14-20)21-6-5-7-21/h8-14,16,21H,1,5-7H2,2-4H3. The van der Waals surface area contributed by atoms with E-state index in [1.165, 1.54) is 6.42 Å². The fourth-order valence-electron chi connectivity index (χ4n) is 4.06. The molecule has 1 aliphatic carbocycles. The Morgan fingerprint density at radius 3 is 2.40 bits per heavy atom. The Morgan fingerprint density at radius 2 is 1.87 bits per heavy atom. The van der Waals surface area contributed by atoms with Gasteiger partial charge in [0.05, 0.1) is 22.5 Å². The molecule has 1 aromatic heterocycles. The van der Waals surface area contributed by atoms with E-state index in [-0.39, 0.29) is 0 Å². The van der Waals surface area contributed by atoms with Gasteiger partial charge < -0.3 is 9.58 Å². The predicted octanol–water partition coefficient (Wildman–Crippen LogP) is 5.10. The van der Waals surface area contributed by atoms with Crippen LogP contribution in [0.2, 0.25) is 0 Å². The number of hydrogen-bond acceptors (Lipinski definition) is 4. The van der Waals surface area contributed by atoms with Crippen LogP contribution in [-0.2, 0) is 0 Å². The molecule has 0 unspecified atom stereocenters. The van der Waals surface area contributed by atoms with Crippen LogP contribution in [0.3, 0.4) is 0 Å². The molecule has 30 heavy (non-hydrogen) atoms. The molecule has 3 aromatic rings. The monoisotopic (exact) mass is 398 g/mol. The molecule has 0 saturated heterocycles. The highest BCUT2D eigenvalue weighted by molar-refractivity contribution is 5.96. The molecule has 5 nitrogen and oxygen atoms in total. The molecule has 0 N–H and O–H groups in total. The van der Waals surface area contributed by atoms with Crippen molar-refractivity contribution in [3.8, 4) is 17.3 Å². The molecular formula is C25H26N4O. The minimum Gasteiger partial charge on any atom is -0.336 e. The van der Waals surface area contributed by atoms with Crippen LogP contribution in [0, 0.1) is 11.3 Å². The molecule has 1 aliphatic rings. The van der Waals surface area contributed by atoms with Crippen LogP contribution in [0.15, 0.2) is 49.0 Å². The molecular weight excluding hydrogens is 372 g/mol. The first kappa shape index (κ1) is 19.9. The van der Waals surface area contributed by atoms with Crippen molar-refractivity contribution in [3.05, 3.63) is 65.7 Å². The van der Waals surface area contributed by atoms with Gasteiger partial charge in [-0.3, -0.25) is 4.79 Å². The lowest BCUT2D eigenvalue weighted by molar-refractivity contribution is 0.112. The summed E-state index contributed by atoms with van der Waals surface area (Å²) in [4.78, 5) is 11.1. The van der Waals surface area contributed by atoms with E-state index in [4.69, 9.17) is 0 Å². The summed E-state index contributed by atoms with van der Waals surface area (Å²) in [5.41, 5.74) is 6.23. The highest BCUT2D eigenvalue weighted by Gasteiger charge is 2.28. The number of carbonyl (C=O) groups is 1. The number of aldehydes is 1. The second kappa shape index (κ2) is 7.81. The molecule has 0 bridgehead atoms. The van der Waals surface area contributed by atoms with Crippen LogP contribution >= 0.6 is 0 Å². The van der Waals surface area contributed by atoms with Crippen LogP contribution in [-0.4, -0.2) is 42.0 Å². The second-order valence-electron chi connectivity index (χ2n) is 8.08. The Bertz CT molecular complexity index is 1160. The maximum atomic E-state index is 11.1. The number of fused-ring (bicyclic) bond motifs is 1. The maximum Gasteiger partial charge on any atom is 0.150 e. The van der Waals surface area contributed by atoms with E-state index >= 15 is 0 Å². The van der Waals surface area contributed by atoms with Gasteiger partial charge in [-0.1, -0.05) is 43.0 Å². The van der Waals surface area contributed by atoms with Crippen LogP contribution < -0.4 is 0 Å². The summed E-state index contributed by atoms with van der Waals surface area (Å²) in [6.07, 6.45) is 4.26. The van der Waals surface area contributed by atoms with Crippen LogP contribution in [0.25, 0.3) is 27.9 Å². The lowest BCUT2D eigenvalue weighted by Crippen LogP contribution is -2.31. The normalized spacial score (nSPS) is 13.8. The van der Waals surface area contributed by atoms with Gasteiger partial charge in [0.2, 0.25) is 0 Å². The number of carbonyl (C=O) groups excluding carboxylic acids is 1. The third-order valence-electron chi connectivity index (χ3n) is 6.20. The van der Waals surface area contributed by atoms with Crippen molar-refractivity contribution in [2.24, 2.45) is 0 Å². The van der Waals surface area contributed by atoms with E-state index < -0.39 is 0 Å². The van der Waals surface area contributed by atoms with Gasteiger partial charge in [-0.15, -0.1) is 0 Å². The largest absolute Gasteiger partial charge is 0.336 e. The fourth-order valence-corrected chi connectivity index (χ4v) is 4.06. The maximum absolute atomic E-state index is 11.1. The first-order valence-corrected chi connectivity index (χ1v) is 10.2. The molecule has 2 aromatic carbocycles. The van der Waals surface area contributed by atoms with Crippen LogP contribution in [0.4, 0.5) is 0 Å². The molecule has 1 saturated carbocycles. The van der Waals surface area contributed by atoms with Gasteiger partial charge in [0.25, 0.3) is 0 Å². The molecule has 1 fully saturated rings. The third-order valence-corrected chi connectivity index (χ3v) is 6.20. The van der Waals surface area contributed by atoms with Gasteiger partial charge in [0.1, 0.15) is 12.4 Å². The summed E-state index contributed by atoms with van der Waals surface area (Å²) in [7, 11) is 5.95. The summed E-state index contributed by atoms with van der Waals surface area (Å²) in [6, 6.07) is 16.6. The van der Waals surface area contributed by atoms with E-state index in [2.05, 4.69) is 23.3 Å². The number of aromatic nitrogens is 1.